The van der Waals surface area contributed by atoms with Crippen LogP contribution >= 0.6 is 0 Å². The molecule has 3 aromatic rings. The molecular weight excluding hydrogens is 426 g/mol. The molecule has 0 spiro atoms. The molecule has 0 unspecified atom stereocenters. The Hall–Kier alpha value is -3.59. The van der Waals surface area contributed by atoms with Gasteiger partial charge in [0.15, 0.2) is 0 Å². The second-order valence-corrected chi connectivity index (χ2v) is 9.98. The van der Waals surface area contributed by atoms with Crippen LogP contribution in [0.5, 0.6) is 0 Å². The summed E-state index contributed by atoms with van der Waals surface area (Å²) in [6.07, 6.45) is 8.61. The van der Waals surface area contributed by atoms with Crippen molar-refractivity contribution in [3.8, 4) is 0 Å². The van der Waals surface area contributed by atoms with E-state index >= 15 is 0 Å². The number of rotatable bonds is 4. The van der Waals surface area contributed by atoms with Crippen molar-refractivity contribution < 1.29 is 4.58 Å². The van der Waals surface area contributed by atoms with Crippen LogP contribution in [0.2, 0.25) is 0 Å². The molecule has 0 amide bonds. The zero-order valence-corrected chi connectivity index (χ0v) is 21.5. The molecule has 1 heterocycles. The lowest BCUT2D eigenvalue weighted by atomic mass is 9.83. The van der Waals surface area contributed by atoms with E-state index in [1.807, 2.05) is 0 Å². The van der Waals surface area contributed by atoms with Gasteiger partial charge >= 0.3 is 0 Å². The van der Waals surface area contributed by atoms with Crippen molar-refractivity contribution in [3.05, 3.63) is 107 Å². The van der Waals surface area contributed by atoms with Crippen LogP contribution in [-0.4, -0.2) is 51.6 Å². The number of piperidine rings is 1. The fourth-order valence-electron chi connectivity index (χ4n) is 5.24. The third kappa shape index (κ3) is 4.68. The first-order chi connectivity index (χ1) is 17.0. The van der Waals surface area contributed by atoms with E-state index in [0.29, 0.717) is 0 Å². The van der Waals surface area contributed by atoms with Crippen LogP contribution in [0.25, 0.3) is 11.1 Å². The van der Waals surface area contributed by atoms with Gasteiger partial charge in [-0.3, -0.25) is 0 Å². The molecule has 3 nitrogen and oxygen atoms in total. The Labute approximate surface area is 210 Å². The van der Waals surface area contributed by atoms with Crippen LogP contribution in [0.15, 0.2) is 84.9 Å². The highest BCUT2D eigenvalue weighted by Crippen LogP contribution is 2.38. The monoisotopic (exact) mass is 462 g/mol. The second kappa shape index (κ2) is 9.95. The highest BCUT2D eigenvalue weighted by Gasteiger charge is 2.26. The Kier molecular flexibility index (Phi) is 6.59. The number of benzene rings is 3. The number of anilines is 2. The fraction of sp³-hybridized carbons (Fsp3) is 0.281. The Morgan fingerprint density at radius 1 is 0.600 bits per heavy atom. The van der Waals surface area contributed by atoms with Crippen molar-refractivity contribution in [3.63, 3.8) is 0 Å². The van der Waals surface area contributed by atoms with Gasteiger partial charge in [0, 0.05) is 58.5 Å². The summed E-state index contributed by atoms with van der Waals surface area (Å²) in [6, 6.07) is 26.9. The molecule has 1 aliphatic heterocycles. The summed E-state index contributed by atoms with van der Waals surface area (Å²) in [5.74, 6) is 0. The van der Waals surface area contributed by atoms with E-state index in [1.165, 1.54) is 69.7 Å². The molecule has 0 saturated carbocycles. The standard InChI is InChI=1S/C32H36N3/c1-33(2)26-16-12-24(13-17-26)32(25-14-18-27(19-15-25)34(3)4)30-20-21-31(35-22-8-5-9-23-35)29-11-7-6-10-28(29)30/h6-7,10-21H,5,8-9,22-23H2,1-4H3/q+1. The van der Waals surface area contributed by atoms with Gasteiger partial charge in [0.1, 0.15) is 13.1 Å². The van der Waals surface area contributed by atoms with Crippen LogP contribution in [0.3, 0.4) is 0 Å². The lowest BCUT2D eigenvalue weighted by molar-refractivity contribution is -0.536. The number of allylic oxidation sites excluding steroid dienone is 3. The minimum Gasteiger partial charge on any atom is -0.378 e. The molecule has 0 bridgehead atoms. The van der Waals surface area contributed by atoms with Crippen LogP contribution in [0.4, 0.5) is 11.4 Å². The van der Waals surface area contributed by atoms with Gasteiger partial charge in [0.05, 0.1) is 5.56 Å². The maximum absolute atomic E-state index is 2.58. The molecule has 0 atom stereocenters. The lowest BCUT2D eigenvalue weighted by Gasteiger charge is -2.22. The topological polar surface area (TPSA) is 9.49 Å². The van der Waals surface area contributed by atoms with E-state index in [4.69, 9.17) is 0 Å². The predicted octanol–water partition coefficient (Wildman–Crippen LogP) is 6.33. The molecule has 1 aliphatic carbocycles. The number of hydrogen-bond acceptors (Lipinski definition) is 2. The van der Waals surface area contributed by atoms with E-state index in [1.54, 1.807) is 0 Å². The Morgan fingerprint density at radius 3 is 1.63 bits per heavy atom. The minimum atomic E-state index is 1.15. The average Bonchev–Trinajstić information content (AvgIpc) is 2.90. The van der Waals surface area contributed by atoms with Gasteiger partial charge in [0.25, 0.3) is 0 Å². The van der Waals surface area contributed by atoms with Crippen molar-refractivity contribution in [1.29, 1.82) is 0 Å². The zero-order valence-electron chi connectivity index (χ0n) is 21.5. The maximum Gasteiger partial charge on any atom is 0.207 e. The molecule has 0 aromatic heterocycles. The number of nitrogens with zero attached hydrogens (tertiary/aromatic N) is 3. The van der Waals surface area contributed by atoms with Gasteiger partial charge in [-0.2, -0.15) is 0 Å². The van der Waals surface area contributed by atoms with Gasteiger partial charge in [-0.1, -0.05) is 42.5 Å². The molecular formula is C32H36N3+. The first-order valence-corrected chi connectivity index (χ1v) is 12.7. The third-order valence-corrected chi connectivity index (χ3v) is 7.21. The molecule has 2 aliphatic rings. The zero-order chi connectivity index (χ0) is 24.4. The van der Waals surface area contributed by atoms with Crippen LogP contribution in [-0.2, 0) is 0 Å². The maximum atomic E-state index is 2.58. The van der Waals surface area contributed by atoms with E-state index in [2.05, 4.69) is 128 Å². The Balaban J connectivity index is 1.72. The summed E-state index contributed by atoms with van der Waals surface area (Å²) in [6.45, 7) is 2.30. The summed E-state index contributed by atoms with van der Waals surface area (Å²) in [7, 11) is 8.36. The molecule has 3 aromatic carbocycles. The van der Waals surface area contributed by atoms with Gasteiger partial charge in [-0.15, -0.1) is 0 Å². The highest BCUT2D eigenvalue weighted by molar-refractivity contribution is 6.17. The predicted molar refractivity (Wildman–Crippen MR) is 151 cm³/mol. The Bertz CT molecular complexity index is 1230. The summed E-state index contributed by atoms with van der Waals surface area (Å²) in [5.41, 5.74) is 11.5. The summed E-state index contributed by atoms with van der Waals surface area (Å²) < 4.78 is 2.58. The van der Waals surface area contributed by atoms with Gasteiger partial charge < -0.3 is 9.80 Å². The summed E-state index contributed by atoms with van der Waals surface area (Å²) >= 11 is 0. The van der Waals surface area contributed by atoms with E-state index in [9.17, 15) is 0 Å². The van der Waals surface area contributed by atoms with Crippen LogP contribution < -0.4 is 9.80 Å². The molecule has 5 rings (SSSR count). The first kappa shape index (κ1) is 23.2. The smallest absolute Gasteiger partial charge is 0.207 e. The Morgan fingerprint density at radius 2 is 1.11 bits per heavy atom. The van der Waals surface area contributed by atoms with Crippen molar-refractivity contribution in [2.45, 2.75) is 19.3 Å². The summed E-state index contributed by atoms with van der Waals surface area (Å²) in [5, 5.41) is 0. The average molecular weight is 463 g/mol. The highest BCUT2D eigenvalue weighted by atomic mass is 15.1. The molecule has 178 valence electrons. The van der Waals surface area contributed by atoms with Crippen molar-refractivity contribution >= 4 is 28.2 Å². The van der Waals surface area contributed by atoms with E-state index < -0.39 is 0 Å². The number of fused-ring (bicyclic) bond motifs is 1. The SMILES string of the molecule is CN(C)c1ccc(C(=C2C=CC(=[N+]3CCCCC3)c3ccccc32)c2ccc(N(C)C)cc2)cc1. The molecule has 0 N–H and O–H groups in total. The van der Waals surface area contributed by atoms with Crippen molar-refractivity contribution in [2.24, 2.45) is 0 Å². The quantitative estimate of drug-likeness (QED) is 0.419. The largest absolute Gasteiger partial charge is 0.378 e. The first-order valence-electron chi connectivity index (χ1n) is 12.7. The van der Waals surface area contributed by atoms with Crippen LogP contribution in [0.1, 0.15) is 41.5 Å². The molecule has 1 saturated heterocycles. The fourth-order valence-corrected chi connectivity index (χ4v) is 5.24. The molecule has 1 fully saturated rings. The normalized spacial score (nSPS) is 15.1. The molecule has 0 radical (unpaired) electrons. The second-order valence-electron chi connectivity index (χ2n) is 9.98. The van der Waals surface area contributed by atoms with Crippen molar-refractivity contribution in [2.75, 3.05) is 51.1 Å². The van der Waals surface area contributed by atoms with Crippen LogP contribution in [0, 0.1) is 0 Å². The lowest BCUT2D eigenvalue weighted by Crippen LogP contribution is -2.28. The van der Waals surface area contributed by atoms with Crippen molar-refractivity contribution in [1.82, 2.24) is 0 Å². The van der Waals surface area contributed by atoms with E-state index in [-0.39, 0.29) is 0 Å². The summed E-state index contributed by atoms with van der Waals surface area (Å²) in [4.78, 5) is 4.30. The van der Waals surface area contributed by atoms with Gasteiger partial charge in [-0.05, 0) is 70.7 Å². The minimum absolute atomic E-state index is 1.15. The number of hydrogen-bond donors (Lipinski definition) is 0. The third-order valence-electron chi connectivity index (χ3n) is 7.21. The van der Waals surface area contributed by atoms with E-state index in [0.717, 1.165) is 13.1 Å². The molecule has 3 heteroatoms. The molecule has 35 heavy (non-hydrogen) atoms. The van der Waals surface area contributed by atoms with Gasteiger partial charge in [0.2, 0.25) is 5.71 Å². The van der Waals surface area contributed by atoms with Gasteiger partial charge in [-0.25, -0.2) is 4.58 Å².